The van der Waals surface area contributed by atoms with Gasteiger partial charge in [-0.2, -0.15) is 0 Å². The van der Waals surface area contributed by atoms with Crippen LogP contribution >= 0.6 is 0 Å². The van der Waals surface area contributed by atoms with E-state index in [1.165, 1.54) is 5.56 Å². The number of carbonyl (C=O) groups is 5. The van der Waals surface area contributed by atoms with Gasteiger partial charge in [0, 0.05) is 44.2 Å². The number of hydrogen-bond acceptors (Lipinski definition) is 8. The Morgan fingerprint density at radius 3 is 2.17 bits per heavy atom. The van der Waals surface area contributed by atoms with Crippen LogP contribution in [0, 0.1) is 11.2 Å². The molecule has 2 N–H and O–H groups in total. The van der Waals surface area contributed by atoms with Gasteiger partial charge in [0.2, 0.25) is 17.7 Å². The minimum Gasteiger partial charge on any atom is -0.508 e. The zero-order chi connectivity index (χ0) is 40.6. The van der Waals surface area contributed by atoms with Crippen LogP contribution in [0.2, 0.25) is 0 Å². The summed E-state index contributed by atoms with van der Waals surface area (Å²) in [6, 6.07) is 24.0. The van der Waals surface area contributed by atoms with Gasteiger partial charge < -0.3 is 14.9 Å². The van der Waals surface area contributed by atoms with Gasteiger partial charge in [0.1, 0.15) is 17.6 Å². The molecular weight excluding hydrogens is 750 g/mol. The van der Waals surface area contributed by atoms with Crippen LogP contribution in [0.1, 0.15) is 104 Å². The summed E-state index contributed by atoms with van der Waals surface area (Å²) in [5.74, 6) is -2.16. The maximum atomic E-state index is 16.4. The molecule has 0 radical (unpaired) electrons. The van der Waals surface area contributed by atoms with E-state index < -0.39 is 29.7 Å². The van der Waals surface area contributed by atoms with Crippen LogP contribution in [0.3, 0.4) is 0 Å². The van der Waals surface area contributed by atoms with Gasteiger partial charge in [-0.3, -0.25) is 39.1 Å². The Balaban J connectivity index is 0.763. The van der Waals surface area contributed by atoms with Gasteiger partial charge in [0.25, 0.3) is 11.8 Å². The lowest BCUT2D eigenvalue weighted by molar-refractivity contribution is -0.136. The Morgan fingerprint density at radius 2 is 1.47 bits per heavy atom. The number of aromatic hydroxyl groups is 1. The second-order valence-electron chi connectivity index (χ2n) is 17.4. The molecule has 59 heavy (non-hydrogen) atoms. The first-order valence-electron chi connectivity index (χ1n) is 20.8. The van der Waals surface area contributed by atoms with Crippen LogP contribution in [0.15, 0.2) is 78.9 Å². The number of carbonyl (C=O) groups excluding carboxylic acids is 5. The van der Waals surface area contributed by atoms with Gasteiger partial charge in [0.15, 0.2) is 0 Å². The Hall–Kier alpha value is -5.88. The average Bonchev–Trinajstić information content (AvgIpc) is 3.92. The molecule has 5 amide bonds. The lowest BCUT2D eigenvalue weighted by atomic mass is 9.69. The highest BCUT2D eigenvalue weighted by atomic mass is 19.1. The predicted molar refractivity (Wildman–Crippen MR) is 216 cm³/mol. The summed E-state index contributed by atoms with van der Waals surface area (Å²) >= 11 is 0. The van der Waals surface area contributed by atoms with E-state index in [1.807, 2.05) is 36.4 Å². The number of aryl methyl sites for hydroxylation is 1. The number of halogens is 1. The highest BCUT2D eigenvalue weighted by Gasteiger charge is 2.46. The number of phenolic OH excluding ortho intramolecular Hbond substituents is 1. The molecule has 3 saturated heterocycles. The summed E-state index contributed by atoms with van der Waals surface area (Å²) in [5.41, 5.74) is 7.11. The van der Waals surface area contributed by atoms with Crippen molar-refractivity contribution in [3.63, 3.8) is 0 Å². The van der Waals surface area contributed by atoms with Crippen molar-refractivity contribution < 1.29 is 33.5 Å². The summed E-state index contributed by atoms with van der Waals surface area (Å²) in [6.45, 7) is 4.24. The summed E-state index contributed by atoms with van der Waals surface area (Å²) in [6.07, 6.45) is 4.77. The number of benzene rings is 4. The molecule has 4 aromatic rings. The zero-order valence-electron chi connectivity index (χ0n) is 32.8. The van der Waals surface area contributed by atoms with Crippen LogP contribution in [0.5, 0.6) is 5.75 Å². The first-order valence-corrected chi connectivity index (χ1v) is 20.8. The highest BCUT2D eigenvalue weighted by molar-refractivity contribution is 6.23. The van der Waals surface area contributed by atoms with E-state index in [0.29, 0.717) is 18.7 Å². The van der Waals surface area contributed by atoms with E-state index in [9.17, 15) is 29.1 Å². The van der Waals surface area contributed by atoms with Gasteiger partial charge in [-0.1, -0.05) is 42.5 Å². The molecule has 5 aliphatic heterocycles. The number of anilines is 1. The quantitative estimate of drug-likeness (QED) is 0.241. The van der Waals surface area contributed by atoms with E-state index in [0.717, 1.165) is 91.1 Å². The van der Waals surface area contributed by atoms with E-state index in [1.54, 1.807) is 29.2 Å². The second-order valence-corrected chi connectivity index (χ2v) is 17.4. The van der Waals surface area contributed by atoms with Crippen molar-refractivity contribution in [2.75, 3.05) is 37.6 Å². The van der Waals surface area contributed by atoms with Gasteiger partial charge in [-0.15, -0.1) is 0 Å². The van der Waals surface area contributed by atoms with E-state index in [-0.39, 0.29) is 65.2 Å². The second kappa shape index (κ2) is 14.4. The molecule has 0 aromatic heterocycles. The molecule has 4 aromatic carbocycles. The van der Waals surface area contributed by atoms with E-state index >= 15 is 4.39 Å². The fraction of sp³-hybridized carbons (Fsp3) is 0.383. The van der Waals surface area contributed by atoms with Crippen molar-refractivity contribution in [2.45, 2.75) is 75.9 Å². The van der Waals surface area contributed by atoms with Gasteiger partial charge >= 0.3 is 0 Å². The largest absolute Gasteiger partial charge is 0.508 e. The molecule has 1 unspecified atom stereocenters. The predicted octanol–water partition coefficient (Wildman–Crippen LogP) is 5.63. The summed E-state index contributed by atoms with van der Waals surface area (Å²) in [7, 11) is 0. The Kier molecular flexibility index (Phi) is 9.15. The van der Waals surface area contributed by atoms with Crippen molar-refractivity contribution in [3.8, 4) is 5.75 Å². The summed E-state index contributed by atoms with van der Waals surface area (Å²) in [4.78, 5) is 71.6. The van der Waals surface area contributed by atoms with Gasteiger partial charge in [-0.25, -0.2) is 4.39 Å². The fourth-order valence-electron chi connectivity index (χ4n) is 10.8. The van der Waals surface area contributed by atoms with Crippen molar-refractivity contribution >= 4 is 35.2 Å². The van der Waals surface area contributed by atoms with Crippen LogP contribution in [0.4, 0.5) is 10.1 Å². The fourth-order valence-corrected chi connectivity index (χ4v) is 10.8. The standard InChI is InChI=1S/C47H46FN5O6/c48-39-23-32(7-10-36(39)43-34(28-4-2-1-3-5-28)9-6-29-20-33(54)8-11-35(29)43)51-19-16-47(27-51)14-17-50(18-15-47)26-42(56)52-24-30-21-37-38(22-31(30)25-52)46(59)53(45(37)58)40-12-13-41(55)49-44(40)57/h1-5,7-8,10-11,20-23,34,40,43,54H,6,9,12-19,24-27H2,(H,49,55,57)/t34-,40?,43+/m1/s1. The van der Waals surface area contributed by atoms with Crippen LogP contribution < -0.4 is 10.2 Å². The first kappa shape index (κ1) is 37.4. The maximum absolute atomic E-state index is 16.4. The van der Waals surface area contributed by atoms with E-state index in [4.69, 9.17) is 0 Å². The number of phenols is 1. The number of imide groups is 2. The van der Waals surface area contributed by atoms with E-state index in [2.05, 4.69) is 33.3 Å². The molecule has 1 aliphatic carbocycles. The topological polar surface area (TPSA) is 131 Å². The maximum Gasteiger partial charge on any atom is 0.262 e. The number of amides is 5. The van der Waals surface area contributed by atoms with Gasteiger partial charge in [-0.05, 0) is 133 Å². The molecule has 0 saturated carbocycles. The van der Waals surface area contributed by atoms with Gasteiger partial charge in [0.05, 0.1) is 17.7 Å². The molecule has 1 spiro atoms. The third kappa shape index (κ3) is 6.57. The molecular formula is C47H46FN5O6. The van der Waals surface area contributed by atoms with Crippen LogP contribution in [-0.4, -0.2) is 88.1 Å². The molecule has 302 valence electrons. The molecule has 10 rings (SSSR count). The Morgan fingerprint density at radius 1 is 0.780 bits per heavy atom. The average molecular weight is 796 g/mol. The lowest BCUT2D eigenvalue weighted by Crippen LogP contribution is -2.54. The van der Waals surface area contributed by atoms with Crippen molar-refractivity contribution in [1.29, 1.82) is 0 Å². The van der Waals surface area contributed by atoms with Crippen LogP contribution in [-0.2, 0) is 33.9 Å². The lowest BCUT2D eigenvalue weighted by Gasteiger charge is -2.39. The first-order chi connectivity index (χ1) is 28.5. The molecule has 3 atom stereocenters. The minimum atomic E-state index is -1.02. The minimum absolute atomic E-state index is 0.00404. The number of rotatable bonds is 6. The van der Waals surface area contributed by atoms with Crippen LogP contribution in [0.25, 0.3) is 0 Å². The smallest absolute Gasteiger partial charge is 0.262 e. The number of nitrogens with one attached hydrogen (secondary N) is 1. The molecule has 3 fully saturated rings. The monoisotopic (exact) mass is 795 g/mol. The zero-order valence-corrected chi connectivity index (χ0v) is 32.8. The molecule has 5 heterocycles. The molecule has 11 nitrogen and oxygen atoms in total. The number of fused-ring (bicyclic) bond motifs is 3. The summed E-state index contributed by atoms with van der Waals surface area (Å²) in [5, 5.41) is 12.4. The highest BCUT2D eigenvalue weighted by Crippen LogP contribution is 2.49. The SMILES string of the molecule is O=C1CCC(N2C(=O)c3cc4c(cc3C2=O)CN(C(=O)CN2CCC3(CC2)CCN(c2ccc([C@@H]5c6ccc(O)cc6CC[C@@H]5c5ccccc5)c(F)c2)C3)C4)C(=O)N1. The van der Waals surface area contributed by atoms with Crippen molar-refractivity contribution in [2.24, 2.45) is 5.41 Å². The summed E-state index contributed by atoms with van der Waals surface area (Å²) < 4.78 is 16.4. The Labute approximate surface area is 341 Å². The number of nitrogens with zero attached hydrogens (tertiary/aromatic N) is 4. The Bertz CT molecular complexity index is 2380. The molecule has 6 aliphatic rings. The third-order valence-electron chi connectivity index (χ3n) is 14.0. The number of piperidine rings is 2. The third-order valence-corrected chi connectivity index (χ3v) is 14.0. The van der Waals surface area contributed by atoms with Crippen molar-refractivity contribution in [1.82, 2.24) is 20.0 Å². The molecule has 12 heteroatoms. The normalized spacial score (nSPS) is 23.7. The van der Waals surface area contributed by atoms with Crippen molar-refractivity contribution in [3.05, 3.63) is 129 Å². The number of likely N-dealkylation sites (tertiary alicyclic amines) is 1. The number of hydrogen-bond donors (Lipinski definition) is 2. The molecule has 0 bridgehead atoms.